The van der Waals surface area contributed by atoms with Gasteiger partial charge in [0.05, 0.1) is 22.3 Å². The average molecular weight is 803 g/mol. The highest BCUT2D eigenvalue weighted by Gasteiger charge is 2.29. The van der Waals surface area contributed by atoms with Gasteiger partial charge < -0.3 is 5.11 Å². The predicted molar refractivity (Wildman–Crippen MR) is 258 cm³/mol. The lowest BCUT2D eigenvalue weighted by Crippen LogP contribution is -2.17. The molecule has 4 heteroatoms. The van der Waals surface area contributed by atoms with Crippen LogP contribution in [0.3, 0.4) is 0 Å². The smallest absolute Gasteiger partial charge is 0.149 e. The van der Waals surface area contributed by atoms with Gasteiger partial charge in [-0.1, -0.05) is 167 Å². The van der Waals surface area contributed by atoms with Crippen molar-refractivity contribution in [1.82, 2.24) is 14.5 Å². The van der Waals surface area contributed by atoms with Crippen molar-refractivity contribution in [1.29, 1.82) is 0 Å². The quantitative estimate of drug-likeness (QED) is 0.175. The summed E-state index contributed by atoms with van der Waals surface area (Å²) in [6.07, 6.45) is 1.90. The molecule has 8 rings (SSSR count). The standard InChI is InChI=1S/C57H59N3O/c1-36(2)47-35-44(25-26-45(47)38-21-16-13-17-22-38)60-51-24-18-23-46(52(51)59-54(60)48-33-43(56(6,7)8)34-49(53(48)61)57(9,10)11)40-29-41(31-42(30-40)55(3,4)5)50-32-39(27-28-58-50)37-19-14-12-15-20-37/h12-36,61H,1-11H3/i36D. The first-order chi connectivity index (χ1) is 29.2. The number of phenolic OH excluding ortho intramolecular Hbond substituents is 1. The Morgan fingerprint density at radius 1 is 0.541 bits per heavy atom. The zero-order valence-corrected chi connectivity index (χ0v) is 37.6. The molecule has 4 nitrogen and oxygen atoms in total. The number of rotatable bonds is 7. The monoisotopic (exact) mass is 802 g/mol. The van der Waals surface area contributed by atoms with Gasteiger partial charge in [0.25, 0.3) is 0 Å². The fraction of sp³-hybridized carbons (Fsp3) is 0.263. The Kier molecular flexibility index (Phi) is 10.3. The van der Waals surface area contributed by atoms with Gasteiger partial charge in [-0.25, -0.2) is 4.98 Å². The molecule has 0 bridgehead atoms. The van der Waals surface area contributed by atoms with E-state index in [2.05, 4.69) is 182 Å². The van der Waals surface area contributed by atoms with Crippen molar-refractivity contribution < 1.29 is 6.48 Å². The fourth-order valence-electron chi connectivity index (χ4n) is 8.30. The van der Waals surface area contributed by atoms with Crippen molar-refractivity contribution in [3.63, 3.8) is 0 Å². The third-order valence-electron chi connectivity index (χ3n) is 11.9. The summed E-state index contributed by atoms with van der Waals surface area (Å²) in [4.78, 5) is 10.5. The Morgan fingerprint density at radius 3 is 1.82 bits per heavy atom. The minimum absolute atomic E-state index is 0.150. The van der Waals surface area contributed by atoms with E-state index in [4.69, 9.17) is 9.97 Å². The number of aromatic hydroxyl groups is 1. The Labute approximate surface area is 364 Å². The normalized spacial score (nSPS) is 12.8. The number of fused-ring (bicyclic) bond motifs is 1. The maximum Gasteiger partial charge on any atom is 0.149 e. The van der Waals surface area contributed by atoms with Crippen molar-refractivity contribution in [3.8, 4) is 67.5 Å². The topological polar surface area (TPSA) is 50.9 Å². The second kappa shape index (κ2) is 15.6. The first-order valence-corrected chi connectivity index (χ1v) is 21.5. The highest BCUT2D eigenvalue weighted by molar-refractivity contribution is 5.97. The molecule has 0 aliphatic carbocycles. The van der Waals surface area contributed by atoms with E-state index in [1.165, 1.54) is 5.56 Å². The summed E-state index contributed by atoms with van der Waals surface area (Å²) in [6.45, 7) is 23.7. The van der Waals surface area contributed by atoms with E-state index < -0.39 is 5.89 Å². The maximum atomic E-state index is 12.4. The number of hydrogen-bond acceptors (Lipinski definition) is 3. The molecule has 0 atom stereocenters. The molecule has 0 aliphatic rings. The second-order valence-electron chi connectivity index (χ2n) is 19.8. The van der Waals surface area contributed by atoms with E-state index >= 15 is 0 Å². The van der Waals surface area contributed by atoms with Gasteiger partial charge in [-0.3, -0.25) is 9.55 Å². The van der Waals surface area contributed by atoms with Crippen LogP contribution in [-0.4, -0.2) is 19.6 Å². The zero-order valence-electron chi connectivity index (χ0n) is 38.6. The third kappa shape index (κ3) is 8.16. The molecule has 2 heterocycles. The van der Waals surface area contributed by atoms with Crippen molar-refractivity contribution in [3.05, 3.63) is 168 Å². The molecule has 0 amide bonds. The van der Waals surface area contributed by atoms with Gasteiger partial charge >= 0.3 is 0 Å². The van der Waals surface area contributed by atoms with Crippen LogP contribution in [0, 0.1) is 0 Å². The van der Waals surface area contributed by atoms with Crippen LogP contribution in [-0.2, 0) is 16.2 Å². The Morgan fingerprint density at radius 2 is 1.18 bits per heavy atom. The van der Waals surface area contributed by atoms with Crippen LogP contribution < -0.4 is 0 Å². The number of aromatic nitrogens is 3. The molecule has 1 N–H and O–H groups in total. The predicted octanol–water partition coefficient (Wildman–Crippen LogP) is 15.5. The van der Waals surface area contributed by atoms with Crippen molar-refractivity contribution in [2.45, 2.75) is 98.3 Å². The van der Waals surface area contributed by atoms with Crippen LogP contribution in [0.2, 0.25) is 0 Å². The van der Waals surface area contributed by atoms with Crippen molar-refractivity contribution >= 4 is 11.0 Å². The molecular weight excluding hydrogens is 743 g/mol. The largest absolute Gasteiger partial charge is 0.507 e. The molecule has 61 heavy (non-hydrogen) atoms. The highest BCUT2D eigenvalue weighted by atomic mass is 16.3. The number of nitrogens with zero attached hydrogens (tertiary/aromatic N) is 3. The molecule has 0 aliphatic heterocycles. The lowest BCUT2D eigenvalue weighted by Gasteiger charge is -2.27. The SMILES string of the molecule is [2H]C(C)(C)c1cc(-n2c(-c3cc(C(C)(C)C)cc(C(C)(C)C)c3O)nc3c(-c4cc(-c5cc(-c6ccccc6)ccn5)cc(C(C)(C)C)c4)cccc32)ccc1-c1ccccc1. The minimum Gasteiger partial charge on any atom is -0.507 e. The minimum atomic E-state index is -0.910. The number of para-hydroxylation sites is 1. The lowest BCUT2D eigenvalue weighted by molar-refractivity contribution is 0.446. The van der Waals surface area contributed by atoms with Crippen LogP contribution in [0.5, 0.6) is 5.75 Å². The van der Waals surface area contributed by atoms with Gasteiger partial charge in [0, 0.05) is 29.9 Å². The zero-order chi connectivity index (χ0) is 44.4. The van der Waals surface area contributed by atoms with E-state index in [1.807, 2.05) is 44.3 Å². The van der Waals surface area contributed by atoms with E-state index in [1.54, 1.807) is 0 Å². The summed E-state index contributed by atoms with van der Waals surface area (Å²) in [6, 6.07) is 48.9. The number of pyridine rings is 1. The summed E-state index contributed by atoms with van der Waals surface area (Å²) in [5, 5.41) is 12.4. The summed E-state index contributed by atoms with van der Waals surface area (Å²) in [7, 11) is 0. The number of imidazole rings is 1. The molecule has 0 fully saturated rings. The Bertz CT molecular complexity index is 2930. The first-order valence-electron chi connectivity index (χ1n) is 22.0. The summed E-state index contributed by atoms with van der Waals surface area (Å²) >= 11 is 0. The molecule has 0 radical (unpaired) electrons. The van der Waals surface area contributed by atoms with Crippen molar-refractivity contribution in [2.75, 3.05) is 0 Å². The van der Waals surface area contributed by atoms with Crippen LogP contribution in [0.4, 0.5) is 0 Å². The maximum absolute atomic E-state index is 12.4. The average Bonchev–Trinajstić information content (AvgIpc) is 3.62. The van der Waals surface area contributed by atoms with E-state index in [0.29, 0.717) is 11.4 Å². The highest BCUT2D eigenvalue weighted by Crippen LogP contribution is 2.45. The molecule has 8 aromatic rings. The Balaban J connectivity index is 1.44. The van der Waals surface area contributed by atoms with Gasteiger partial charge in [0.2, 0.25) is 0 Å². The second-order valence-corrected chi connectivity index (χ2v) is 19.8. The van der Waals surface area contributed by atoms with Gasteiger partial charge in [0.15, 0.2) is 0 Å². The molecule has 2 aromatic heterocycles. The van der Waals surface area contributed by atoms with Crippen LogP contribution in [0.1, 0.15) is 106 Å². The van der Waals surface area contributed by atoms with E-state index in [9.17, 15) is 6.48 Å². The van der Waals surface area contributed by atoms with E-state index in [-0.39, 0.29) is 22.0 Å². The van der Waals surface area contributed by atoms with Crippen molar-refractivity contribution in [2.24, 2.45) is 0 Å². The molecule has 0 saturated carbocycles. The Hall–Kier alpha value is -6.26. The van der Waals surface area contributed by atoms with Crippen LogP contribution in [0.15, 0.2) is 146 Å². The lowest BCUT2D eigenvalue weighted by atomic mass is 9.79. The third-order valence-corrected chi connectivity index (χ3v) is 11.9. The van der Waals surface area contributed by atoms with Crippen LogP contribution in [0.25, 0.3) is 72.7 Å². The van der Waals surface area contributed by atoms with Gasteiger partial charge in [-0.2, -0.15) is 0 Å². The molecular formula is C57H59N3O. The fourth-order valence-corrected chi connectivity index (χ4v) is 8.30. The van der Waals surface area contributed by atoms with Gasteiger partial charge in [0.1, 0.15) is 11.6 Å². The van der Waals surface area contributed by atoms with Gasteiger partial charge in [-0.05, 0) is 115 Å². The van der Waals surface area contributed by atoms with Gasteiger partial charge in [-0.15, -0.1) is 0 Å². The summed E-state index contributed by atoms with van der Waals surface area (Å²) < 4.78 is 11.6. The van der Waals surface area contributed by atoms with E-state index in [0.717, 1.165) is 78.0 Å². The molecule has 0 spiro atoms. The van der Waals surface area contributed by atoms with Crippen LogP contribution >= 0.6 is 0 Å². The molecule has 0 saturated heterocycles. The molecule has 6 aromatic carbocycles. The molecule has 308 valence electrons. The molecule has 0 unspecified atom stereocenters. The number of hydrogen-bond donors (Lipinski definition) is 1. The number of benzene rings is 6. The number of phenols is 1. The summed E-state index contributed by atoms with van der Waals surface area (Å²) in [5.41, 5.74) is 15.0. The first kappa shape index (κ1) is 40.2. The summed E-state index contributed by atoms with van der Waals surface area (Å²) in [5.74, 6) is -0.0363.